The maximum absolute atomic E-state index is 12.4. The number of likely N-dealkylation sites (N-methyl/N-ethyl adjacent to an activating group) is 1. The SMILES string of the molecule is CSc1ccc(C[NH+](C)[C@H](C)C(=O)Nc2ccc([N+](=O)[O-])cc2)cc1. The van der Waals surface area contributed by atoms with Gasteiger partial charge in [-0.05, 0) is 37.4 Å². The number of benzene rings is 2. The minimum atomic E-state index is -0.464. The van der Waals surface area contributed by atoms with E-state index in [9.17, 15) is 14.9 Å². The first-order valence-corrected chi connectivity index (χ1v) is 9.13. The zero-order chi connectivity index (χ0) is 18.4. The van der Waals surface area contributed by atoms with E-state index >= 15 is 0 Å². The fourth-order valence-corrected chi connectivity index (χ4v) is 2.77. The van der Waals surface area contributed by atoms with E-state index in [1.807, 2.05) is 20.2 Å². The van der Waals surface area contributed by atoms with Crippen molar-refractivity contribution >= 4 is 29.0 Å². The Balaban J connectivity index is 1.94. The first kappa shape index (κ1) is 19.0. The van der Waals surface area contributed by atoms with E-state index in [-0.39, 0.29) is 17.6 Å². The highest BCUT2D eigenvalue weighted by Crippen LogP contribution is 2.16. The van der Waals surface area contributed by atoms with Gasteiger partial charge < -0.3 is 10.2 Å². The smallest absolute Gasteiger partial charge is 0.282 e. The molecule has 1 amide bonds. The summed E-state index contributed by atoms with van der Waals surface area (Å²) in [6, 6.07) is 13.9. The van der Waals surface area contributed by atoms with Crippen molar-refractivity contribution in [3.63, 3.8) is 0 Å². The summed E-state index contributed by atoms with van der Waals surface area (Å²) in [7, 11) is 1.97. The fourth-order valence-electron chi connectivity index (χ4n) is 2.36. The van der Waals surface area contributed by atoms with Gasteiger partial charge in [-0.2, -0.15) is 0 Å². The van der Waals surface area contributed by atoms with Gasteiger partial charge in [-0.3, -0.25) is 14.9 Å². The predicted molar refractivity (Wildman–Crippen MR) is 100 cm³/mol. The van der Waals surface area contributed by atoms with Crippen LogP contribution in [0.1, 0.15) is 12.5 Å². The Morgan fingerprint density at radius 3 is 2.32 bits per heavy atom. The average molecular weight is 360 g/mol. The molecule has 0 heterocycles. The summed E-state index contributed by atoms with van der Waals surface area (Å²) < 4.78 is 0. The Bertz CT molecular complexity index is 732. The molecule has 0 aliphatic rings. The van der Waals surface area contributed by atoms with E-state index in [0.29, 0.717) is 5.69 Å². The number of hydrogen-bond donors (Lipinski definition) is 2. The zero-order valence-corrected chi connectivity index (χ0v) is 15.3. The lowest BCUT2D eigenvalue weighted by atomic mass is 10.2. The summed E-state index contributed by atoms with van der Waals surface area (Å²) in [5.41, 5.74) is 1.73. The summed E-state index contributed by atoms with van der Waals surface area (Å²) >= 11 is 1.70. The number of nitro benzene ring substituents is 1. The molecule has 0 spiro atoms. The van der Waals surface area contributed by atoms with E-state index in [1.165, 1.54) is 22.6 Å². The maximum atomic E-state index is 12.4. The Morgan fingerprint density at radius 1 is 1.20 bits per heavy atom. The van der Waals surface area contributed by atoms with Crippen LogP contribution in [0.15, 0.2) is 53.4 Å². The van der Waals surface area contributed by atoms with Crippen LogP contribution in [-0.4, -0.2) is 30.2 Å². The number of rotatable bonds is 7. The van der Waals surface area contributed by atoms with Crippen molar-refractivity contribution in [1.82, 2.24) is 0 Å². The molecule has 0 radical (unpaired) electrons. The number of amides is 1. The third-order valence-electron chi connectivity index (χ3n) is 4.12. The van der Waals surface area contributed by atoms with Crippen LogP contribution < -0.4 is 10.2 Å². The summed E-state index contributed by atoms with van der Waals surface area (Å²) in [6.45, 7) is 2.61. The number of nitrogens with zero attached hydrogens (tertiary/aromatic N) is 1. The van der Waals surface area contributed by atoms with Gasteiger partial charge in [0, 0.05) is 28.3 Å². The van der Waals surface area contributed by atoms with Crippen molar-refractivity contribution in [2.45, 2.75) is 24.4 Å². The summed E-state index contributed by atoms with van der Waals surface area (Å²) in [5, 5.41) is 13.5. The number of quaternary nitrogens is 1. The van der Waals surface area contributed by atoms with E-state index in [0.717, 1.165) is 11.4 Å². The molecule has 25 heavy (non-hydrogen) atoms. The van der Waals surface area contributed by atoms with Crippen LogP contribution in [-0.2, 0) is 11.3 Å². The third kappa shape index (κ3) is 5.30. The standard InChI is InChI=1S/C18H21N3O3S/c1-13(20(2)12-14-4-10-17(25-3)11-5-14)18(22)19-15-6-8-16(9-7-15)21(23)24/h4-11,13H,12H2,1-3H3,(H,19,22)/p+1/t13-/m1/s1. The molecule has 6 nitrogen and oxygen atoms in total. The topological polar surface area (TPSA) is 76.7 Å². The second-order valence-corrected chi connectivity index (χ2v) is 6.77. The van der Waals surface area contributed by atoms with Crippen LogP contribution in [0.5, 0.6) is 0 Å². The molecule has 0 aromatic heterocycles. The fraction of sp³-hybridized carbons (Fsp3) is 0.278. The molecule has 0 bridgehead atoms. The number of hydrogen-bond acceptors (Lipinski definition) is 4. The van der Waals surface area contributed by atoms with Gasteiger partial charge in [0.1, 0.15) is 6.54 Å². The van der Waals surface area contributed by atoms with E-state index < -0.39 is 4.92 Å². The van der Waals surface area contributed by atoms with Crippen LogP contribution in [0, 0.1) is 10.1 Å². The molecule has 0 saturated carbocycles. The van der Waals surface area contributed by atoms with Crippen molar-refractivity contribution in [1.29, 1.82) is 0 Å². The Morgan fingerprint density at radius 2 is 1.80 bits per heavy atom. The highest BCUT2D eigenvalue weighted by atomic mass is 32.2. The van der Waals surface area contributed by atoms with E-state index in [1.54, 1.807) is 23.9 Å². The van der Waals surface area contributed by atoms with Crippen LogP contribution in [0.2, 0.25) is 0 Å². The molecule has 0 aliphatic heterocycles. The molecule has 2 atom stereocenters. The molecule has 2 N–H and O–H groups in total. The number of nitrogens with one attached hydrogen (secondary N) is 2. The van der Waals surface area contributed by atoms with E-state index in [4.69, 9.17) is 0 Å². The Hall–Kier alpha value is -2.38. The number of non-ortho nitro benzene ring substituents is 1. The minimum absolute atomic E-state index is 0.00230. The van der Waals surface area contributed by atoms with Gasteiger partial charge in [0.15, 0.2) is 6.04 Å². The monoisotopic (exact) mass is 360 g/mol. The van der Waals surface area contributed by atoms with Gasteiger partial charge >= 0.3 is 0 Å². The molecule has 0 saturated heterocycles. The lowest BCUT2D eigenvalue weighted by Gasteiger charge is -2.21. The average Bonchev–Trinajstić information content (AvgIpc) is 2.62. The second kappa shape index (κ2) is 8.64. The van der Waals surface area contributed by atoms with Gasteiger partial charge in [0.25, 0.3) is 11.6 Å². The molecule has 2 aromatic rings. The highest BCUT2D eigenvalue weighted by Gasteiger charge is 2.22. The Kier molecular flexibility index (Phi) is 6.55. The molecular weight excluding hydrogens is 338 g/mol. The molecule has 0 aliphatic carbocycles. The van der Waals surface area contributed by atoms with Crippen molar-refractivity contribution in [3.8, 4) is 0 Å². The van der Waals surface area contributed by atoms with Crippen molar-refractivity contribution < 1.29 is 14.6 Å². The van der Waals surface area contributed by atoms with Crippen molar-refractivity contribution in [2.75, 3.05) is 18.6 Å². The summed E-state index contributed by atoms with van der Waals surface area (Å²) in [4.78, 5) is 24.9. The van der Waals surface area contributed by atoms with Gasteiger partial charge in [-0.1, -0.05) is 12.1 Å². The van der Waals surface area contributed by atoms with Crippen molar-refractivity contribution in [2.24, 2.45) is 0 Å². The van der Waals surface area contributed by atoms with E-state index in [2.05, 4.69) is 29.6 Å². The van der Waals surface area contributed by atoms with Gasteiger partial charge in [-0.25, -0.2) is 0 Å². The maximum Gasteiger partial charge on any atom is 0.282 e. The summed E-state index contributed by atoms with van der Waals surface area (Å²) in [5.74, 6) is -0.118. The molecule has 2 rings (SSSR count). The Labute approximate surface area is 151 Å². The van der Waals surface area contributed by atoms with Crippen molar-refractivity contribution in [3.05, 3.63) is 64.2 Å². The van der Waals surface area contributed by atoms with Crippen LogP contribution in [0.4, 0.5) is 11.4 Å². The second-order valence-electron chi connectivity index (χ2n) is 5.89. The molecule has 7 heteroatoms. The number of thioether (sulfide) groups is 1. The van der Waals surface area contributed by atoms with Crippen LogP contribution >= 0.6 is 11.8 Å². The lowest BCUT2D eigenvalue weighted by molar-refractivity contribution is -0.907. The number of nitro groups is 1. The van der Waals surface area contributed by atoms with Gasteiger partial charge in [-0.15, -0.1) is 11.8 Å². The predicted octanol–water partition coefficient (Wildman–Crippen LogP) is 2.36. The van der Waals surface area contributed by atoms with Gasteiger partial charge in [0.2, 0.25) is 0 Å². The molecular formula is C18H22N3O3S+. The highest BCUT2D eigenvalue weighted by molar-refractivity contribution is 7.98. The number of carbonyl (C=O) groups excluding carboxylic acids is 1. The lowest BCUT2D eigenvalue weighted by Crippen LogP contribution is -3.12. The van der Waals surface area contributed by atoms with Crippen LogP contribution in [0.25, 0.3) is 0 Å². The first-order valence-electron chi connectivity index (χ1n) is 7.91. The molecule has 1 unspecified atom stereocenters. The first-order chi connectivity index (χ1) is 11.9. The number of anilines is 1. The normalized spacial score (nSPS) is 13.1. The molecule has 0 fully saturated rings. The quantitative estimate of drug-likeness (QED) is 0.451. The minimum Gasteiger partial charge on any atom is -0.324 e. The van der Waals surface area contributed by atoms with Gasteiger partial charge in [0.05, 0.1) is 12.0 Å². The summed E-state index contributed by atoms with van der Waals surface area (Å²) in [6.07, 6.45) is 2.04. The third-order valence-corrected chi connectivity index (χ3v) is 4.86. The molecule has 132 valence electrons. The largest absolute Gasteiger partial charge is 0.324 e. The number of carbonyl (C=O) groups is 1. The molecule has 2 aromatic carbocycles. The zero-order valence-electron chi connectivity index (χ0n) is 14.5. The van der Waals surface area contributed by atoms with Crippen LogP contribution in [0.3, 0.4) is 0 Å².